The predicted molar refractivity (Wildman–Crippen MR) is 90.2 cm³/mol. The number of likely N-dealkylation sites (N-methyl/N-ethyl adjacent to an activating group) is 1. The van der Waals surface area contributed by atoms with Crippen LogP contribution in [0, 0.1) is 12.7 Å². The summed E-state index contributed by atoms with van der Waals surface area (Å²) in [7, 11) is 1.83. The number of amides is 1. The van der Waals surface area contributed by atoms with Gasteiger partial charge in [0.1, 0.15) is 11.6 Å². The van der Waals surface area contributed by atoms with Gasteiger partial charge in [0.15, 0.2) is 5.82 Å². The minimum absolute atomic E-state index is 0.181. The van der Waals surface area contributed by atoms with E-state index >= 15 is 0 Å². The predicted octanol–water partition coefficient (Wildman–Crippen LogP) is 2.58. The van der Waals surface area contributed by atoms with Crippen LogP contribution in [0.3, 0.4) is 0 Å². The second kappa shape index (κ2) is 7.27. The summed E-state index contributed by atoms with van der Waals surface area (Å²) in [6.45, 7) is 2.44. The van der Waals surface area contributed by atoms with E-state index in [1.165, 1.54) is 12.1 Å². The van der Waals surface area contributed by atoms with Crippen molar-refractivity contribution in [2.75, 3.05) is 18.9 Å². The van der Waals surface area contributed by atoms with Crippen LogP contribution in [0.5, 0.6) is 0 Å². The van der Waals surface area contributed by atoms with E-state index in [4.69, 9.17) is 4.52 Å². The van der Waals surface area contributed by atoms with Gasteiger partial charge in [-0.15, -0.1) is 0 Å². The molecular weight excluding hydrogens is 325 g/mol. The molecule has 3 rings (SSSR count). The summed E-state index contributed by atoms with van der Waals surface area (Å²) < 4.78 is 18.0. The van der Waals surface area contributed by atoms with Crippen molar-refractivity contribution < 1.29 is 13.7 Å². The van der Waals surface area contributed by atoms with Crippen LogP contribution in [-0.2, 0) is 11.3 Å². The number of H-pyrrole nitrogens is 1. The highest BCUT2D eigenvalue weighted by Gasteiger charge is 2.13. The molecule has 0 spiro atoms. The number of hydrogen-bond donors (Lipinski definition) is 2. The highest BCUT2D eigenvalue weighted by molar-refractivity contribution is 5.91. The van der Waals surface area contributed by atoms with Gasteiger partial charge in [-0.2, -0.15) is 5.10 Å². The van der Waals surface area contributed by atoms with Gasteiger partial charge >= 0.3 is 0 Å². The summed E-state index contributed by atoms with van der Waals surface area (Å²) in [5.74, 6) is 0.543. The van der Waals surface area contributed by atoms with Crippen LogP contribution < -0.4 is 5.32 Å². The number of aromatic amines is 1. The van der Waals surface area contributed by atoms with Crippen molar-refractivity contribution in [3.05, 3.63) is 53.7 Å². The maximum atomic E-state index is 13.1. The van der Waals surface area contributed by atoms with Gasteiger partial charge in [-0.05, 0) is 38.2 Å². The Bertz CT molecular complexity index is 856. The van der Waals surface area contributed by atoms with Gasteiger partial charge in [-0.1, -0.05) is 5.16 Å². The number of aromatic nitrogens is 3. The Morgan fingerprint density at radius 3 is 2.80 bits per heavy atom. The molecular formula is C17H18FN5O2. The summed E-state index contributed by atoms with van der Waals surface area (Å²) in [6, 6.07) is 7.83. The molecule has 0 saturated carbocycles. The number of carbonyl (C=O) groups is 1. The number of halogens is 1. The van der Waals surface area contributed by atoms with E-state index < -0.39 is 0 Å². The van der Waals surface area contributed by atoms with Crippen LogP contribution in [0.4, 0.5) is 10.2 Å². The summed E-state index contributed by atoms with van der Waals surface area (Å²) >= 11 is 0. The number of anilines is 1. The minimum Gasteiger partial charge on any atom is -0.360 e. The van der Waals surface area contributed by atoms with E-state index in [1.807, 2.05) is 11.9 Å². The topological polar surface area (TPSA) is 87.0 Å². The second-order valence-corrected chi connectivity index (χ2v) is 5.82. The van der Waals surface area contributed by atoms with Crippen molar-refractivity contribution in [1.29, 1.82) is 0 Å². The first-order chi connectivity index (χ1) is 12.0. The smallest absolute Gasteiger partial charge is 0.239 e. The Hall–Kier alpha value is -3.00. The molecule has 2 aromatic heterocycles. The lowest BCUT2D eigenvalue weighted by Gasteiger charge is -2.15. The highest BCUT2D eigenvalue weighted by Crippen LogP contribution is 2.22. The van der Waals surface area contributed by atoms with Crippen molar-refractivity contribution in [3.63, 3.8) is 0 Å². The highest BCUT2D eigenvalue weighted by atomic mass is 19.1. The van der Waals surface area contributed by atoms with E-state index in [0.29, 0.717) is 18.1 Å². The molecule has 130 valence electrons. The Balaban J connectivity index is 1.61. The zero-order valence-corrected chi connectivity index (χ0v) is 13.9. The van der Waals surface area contributed by atoms with Gasteiger partial charge in [-0.25, -0.2) is 4.39 Å². The monoisotopic (exact) mass is 343 g/mol. The molecule has 0 fully saturated rings. The fourth-order valence-electron chi connectivity index (χ4n) is 2.50. The molecule has 0 bridgehead atoms. The van der Waals surface area contributed by atoms with E-state index in [2.05, 4.69) is 20.7 Å². The van der Waals surface area contributed by atoms with Crippen LogP contribution in [0.25, 0.3) is 11.3 Å². The van der Waals surface area contributed by atoms with Crippen molar-refractivity contribution >= 4 is 11.7 Å². The Morgan fingerprint density at radius 2 is 2.12 bits per heavy atom. The van der Waals surface area contributed by atoms with Gasteiger partial charge in [0.05, 0.1) is 18.4 Å². The maximum absolute atomic E-state index is 13.1. The molecule has 1 aromatic carbocycles. The zero-order chi connectivity index (χ0) is 17.8. The largest absolute Gasteiger partial charge is 0.360 e. The molecule has 0 aliphatic carbocycles. The number of benzene rings is 1. The quantitative estimate of drug-likeness (QED) is 0.718. The number of nitrogens with one attached hydrogen (secondary N) is 2. The van der Waals surface area contributed by atoms with E-state index in [1.54, 1.807) is 31.3 Å². The summed E-state index contributed by atoms with van der Waals surface area (Å²) in [6.07, 6.45) is 1.70. The third-order valence-corrected chi connectivity index (χ3v) is 3.60. The lowest BCUT2D eigenvalue weighted by Crippen LogP contribution is -2.30. The Labute approximate surface area is 143 Å². The van der Waals surface area contributed by atoms with Crippen LogP contribution >= 0.6 is 0 Å². The molecule has 0 unspecified atom stereocenters. The van der Waals surface area contributed by atoms with Gasteiger partial charge < -0.3 is 9.84 Å². The molecule has 0 atom stereocenters. The van der Waals surface area contributed by atoms with Crippen molar-refractivity contribution in [1.82, 2.24) is 20.3 Å². The van der Waals surface area contributed by atoms with Crippen LogP contribution in [0.15, 0.2) is 41.1 Å². The normalized spacial score (nSPS) is 11.0. The Kier molecular flexibility index (Phi) is 4.90. The standard InChI is InChI=1S/C17H18FN5O2/c1-11-7-15(22-25-11)20-16(24)10-23(2)9-13-8-19-21-17(13)12-3-5-14(18)6-4-12/h3-8H,9-10H2,1-2H3,(H,19,21)(H,20,22,24). The molecule has 2 N–H and O–H groups in total. The molecule has 3 aromatic rings. The number of rotatable bonds is 6. The number of carbonyl (C=O) groups excluding carboxylic acids is 1. The lowest BCUT2D eigenvalue weighted by molar-refractivity contribution is -0.117. The zero-order valence-electron chi connectivity index (χ0n) is 13.9. The molecule has 8 heteroatoms. The maximum Gasteiger partial charge on any atom is 0.239 e. The van der Waals surface area contributed by atoms with Crippen molar-refractivity contribution in [2.45, 2.75) is 13.5 Å². The Morgan fingerprint density at radius 1 is 1.36 bits per heavy atom. The molecule has 2 heterocycles. The lowest BCUT2D eigenvalue weighted by atomic mass is 10.1. The average Bonchev–Trinajstić information content (AvgIpc) is 3.17. The molecule has 0 aliphatic heterocycles. The fourth-order valence-corrected chi connectivity index (χ4v) is 2.50. The fraction of sp³-hybridized carbons (Fsp3) is 0.235. The van der Waals surface area contributed by atoms with Crippen LogP contribution in [0.2, 0.25) is 0 Å². The van der Waals surface area contributed by atoms with Gasteiger partial charge in [0.2, 0.25) is 5.91 Å². The van der Waals surface area contributed by atoms with Gasteiger partial charge in [0.25, 0.3) is 0 Å². The third kappa shape index (κ3) is 4.30. The molecule has 25 heavy (non-hydrogen) atoms. The van der Waals surface area contributed by atoms with Crippen LogP contribution in [-0.4, -0.2) is 39.8 Å². The van der Waals surface area contributed by atoms with Crippen LogP contribution in [0.1, 0.15) is 11.3 Å². The average molecular weight is 343 g/mol. The SMILES string of the molecule is Cc1cc(NC(=O)CN(C)Cc2cn[nH]c2-c2ccc(F)cc2)no1. The van der Waals surface area contributed by atoms with Crippen molar-refractivity contribution in [3.8, 4) is 11.3 Å². The molecule has 7 nitrogen and oxygen atoms in total. The second-order valence-electron chi connectivity index (χ2n) is 5.82. The number of hydrogen-bond acceptors (Lipinski definition) is 5. The summed E-state index contributed by atoms with van der Waals surface area (Å²) in [4.78, 5) is 13.9. The molecule has 0 radical (unpaired) electrons. The van der Waals surface area contributed by atoms with Gasteiger partial charge in [-0.3, -0.25) is 14.8 Å². The van der Waals surface area contributed by atoms with E-state index in [9.17, 15) is 9.18 Å². The number of nitrogens with zero attached hydrogens (tertiary/aromatic N) is 3. The van der Waals surface area contributed by atoms with Crippen molar-refractivity contribution in [2.24, 2.45) is 0 Å². The minimum atomic E-state index is -0.290. The molecule has 0 saturated heterocycles. The first kappa shape index (κ1) is 16.8. The molecule has 0 aliphatic rings. The summed E-state index contributed by atoms with van der Waals surface area (Å²) in [5.41, 5.74) is 2.56. The first-order valence-corrected chi connectivity index (χ1v) is 7.71. The number of aryl methyl sites for hydroxylation is 1. The summed E-state index contributed by atoms with van der Waals surface area (Å²) in [5, 5.41) is 13.4. The van der Waals surface area contributed by atoms with Gasteiger partial charge in [0, 0.05) is 23.7 Å². The third-order valence-electron chi connectivity index (χ3n) is 3.60. The van der Waals surface area contributed by atoms with E-state index in [0.717, 1.165) is 16.8 Å². The molecule has 1 amide bonds. The van der Waals surface area contributed by atoms with E-state index in [-0.39, 0.29) is 18.3 Å². The first-order valence-electron chi connectivity index (χ1n) is 7.71.